The first-order valence-electron chi connectivity index (χ1n) is 9.05. The quantitative estimate of drug-likeness (QED) is 0.729. The van der Waals surface area contributed by atoms with Gasteiger partial charge in [-0.15, -0.1) is 0 Å². The topological polar surface area (TPSA) is 99.0 Å². The molecule has 1 fully saturated rings. The van der Waals surface area contributed by atoms with E-state index in [-0.39, 0.29) is 18.8 Å². The molecule has 3 heterocycles. The van der Waals surface area contributed by atoms with E-state index in [1.807, 2.05) is 30.3 Å². The third-order valence-electron chi connectivity index (χ3n) is 5.14. The molecule has 0 radical (unpaired) electrons. The van der Waals surface area contributed by atoms with Crippen LogP contribution in [0.2, 0.25) is 0 Å². The molecule has 4 rings (SSSR count). The number of nitrogen functional groups attached to an aromatic ring is 1. The number of benzene rings is 1. The summed E-state index contributed by atoms with van der Waals surface area (Å²) in [6, 6.07) is 13.5. The zero-order valence-corrected chi connectivity index (χ0v) is 15.2. The highest BCUT2D eigenvalue weighted by molar-refractivity contribution is 5.93. The second-order valence-corrected chi connectivity index (χ2v) is 6.81. The number of aromatic nitrogens is 3. The predicted molar refractivity (Wildman–Crippen MR) is 101 cm³/mol. The molecule has 1 aromatic carbocycles. The second-order valence-electron chi connectivity index (χ2n) is 6.81. The van der Waals surface area contributed by atoms with Crippen LogP contribution in [0.15, 0.2) is 42.6 Å². The lowest BCUT2D eigenvalue weighted by molar-refractivity contribution is -0.0511. The number of alkyl halides is 1. The van der Waals surface area contributed by atoms with Gasteiger partial charge in [0, 0.05) is 12.8 Å². The van der Waals surface area contributed by atoms with Crippen LogP contribution < -0.4 is 10.5 Å². The average molecular weight is 381 g/mol. The molecular formula is C20H20FN5O2. The first-order chi connectivity index (χ1) is 13.7. The fourth-order valence-electron chi connectivity index (χ4n) is 3.63. The Morgan fingerprint density at radius 3 is 2.93 bits per heavy atom. The lowest BCUT2D eigenvalue weighted by atomic mass is 9.85. The highest BCUT2D eigenvalue weighted by atomic mass is 19.1. The van der Waals surface area contributed by atoms with Crippen LogP contribution in [0, 0.1) is 11.3 Å². The Morgan fingerprint density at radius 2 is 2.18 bits per heavy atom. The van der Waals surface area contributed by atoms with Crippen molar-refractivity contribution in [2.75, 3.05) is 18.9 Å². The minimum Gasteiger partial charge on any atom is -0.472 e. The van der Waals surface area contributed by atoms with Gasteiger partial charge in [-0.3, -0.25) is 4.68 Å². The van der Waals surface area contributed by atoms with Gasteiger partial charge in [-0.05, 0) is 18.1 Å². The number of nitrogens with two attached hydrogens (primary N) is 1. The largest absolute Gasteiger partial charge is 0.472 e. The average Bonchev–Trinajstić information content (AvgIpc) is 3.07. The molecule has 3 aromatic rings. The first kappa shape index (κ1) is 18.2. The third kappa shape index (κ3) is 3.04. The monoisotopic (exact) mass is 381 g/mol. The molecule has 1 aliphatic heterocycles. The van der Waals surface area contributed by atoms with E-state index in [2.05, 4.69) is 16.2 Å². The summed E-state index contributed by atoms with van der Waals surface area (Å²) in [7, 11) is 0. The fraction of sp³-hybridized carbons (Fsp3) is 0.350. The SMILES string of the molecule is N#CC[C@]1(n2nc(N)c3c(OCc4ccccc4)nccc32)CCOC[C@H]1F. The van der Waals surface area contributed by atoms with Gasteiger partial charge in [0.15, 0.2) is 5.82 Å². The second kappa shape index (κ2) is 7.44. The summed E-state index contributed by atoms with van der Waals surface area (Å²) in [5.74, 6) is 0.529. The highest BCUT2D eigenvalue weighted by Crippen LogP contribution is 2.40. The van der Waals surface area contributed by atoms with Crippen molar-refractivity contribution in [2.24, 2.45) is 0 Å². The zero-order chi connectivity index (χ0) is 19.6. The van der Waals surface area contributed by atoms with Gasteiger partial charge in [0.2, 0.25) is 5.88 Å². The fourth-order valence-corrected chi connectivity index (χ4v) is 3.63. The molecule has 8 heteroatoms. The van der Waals surface area contributed by atoms with Crippen molar-refractivity contribution in [3.8, 4) is 11.9 Å². The Bertz CT molecular complexity index is 1020. The summed E-state index contributed by atoms with van der Waals surface area (Å²) < 4.78 is 27.6. The van der Waals surface area contributed by atoms with Crippen molar-refractivity contribution in [2.45, 2.75) is 31.2 Å². The molecule has 0 saturated carbocycles. The molecule has 1 aliphatic rings. The van der Waals surface area contributed by atoms with Crippen LogP contribution in [-0.2, 0) is 16.9 Å². The van der Waals surface area contributed by atoms with Crippen LogP contribution in [-0.4, -0.2) is 34.1 Å². The molecule has 7 nitrogen and oxygen atoms in total. The first-order valence-corrected chi connectivity index (χ1v) is 9.05. The zero-order valence-electron chi connectivity index (χ0n) is 15.2. The Morgan fingerprint density at radius 1 is 1.36 bits per heavy atom. The molecule has 0 aliphatic carbocycles. The smallest absolute Gasteiger partial charge is 0.227 e. The number of hydrogen-bond acceptors (Lipinski definition) is 6. The van der Waals surface area contributed by atoms with Gasteiger partial charge >= 0.3 is 0 Å². The number of hydrogen-bond donors (Lipinski definition) is 1. The number of rotatable bonds is 5. The standard InChI is InChI=1S/C20H20FN5O2/c21-16-13-27-11-8-20(16,7-9-22)26-15-6-10-24-19(17(15)18(23)25-26)28-12-14-4-2-1-3-5-14/h1-6,10,16H,7-8,11-13H2,(H2,23,25)/t16-,20+/m1/s1. The van der Waals surface area contributed by atoms with Gasteiger partial charge in [0.05, 0.1) is 24.6 Å². The molecule has 0 bridgehead atoms. The van der Waals surface area contributed by atoms with Crippen LogP contribution in [0.1, 0.15) is 18.4 Å². The van der Waals surface area contributed by atoms with Gasteiger partial charge in [-0.25, -0.2) is 9.37 Å². The van der Waals surface area contributed by atoms with E-state index in [1.54, 1.807) is 12.3 Å². The molecule has 2 aromatic heterocycles. The number of nitrogens with zero attached hydrogens (tertiary/aromatic N) is 4. The Labute approximate surface area is 161 Å². The summed E-state index contributed by atoms with van der Waals surface area (Å²) in [6.45, 7) is 0.595. The summed E-state index contributed by atoms with van der Waals surface area (Å²) in [5, 5.41) is 14.3. The lowest BCUT2D eigenvalue weighted by Gasteiger charge is -2.38. The molecule has 2 N–H and O–H groups in total. The summed E-state index contributed by atoms with van der Waals surface area (Å²) >= 11 is 0. The van der Waals surface area contributed by atoms with Crippen LogP contribution in [0.25, 0.3) is 10.9 Å². The van der Waals surface area contributed by atoms with Crippen molar-refractivity contribution in [3.63, 3.8) is 0 Å². The van der Waals surface area contributed by atoms with Crippen LogP contribution >= 0.6 is 0 Å². The number of anilines is 1. The number of nitriles is 1. The van der Waals surface area contributed by atoms with Crippen LogP contribution in [0.4, 0.5) is 10.2 Å². The maximum Gasteiger partial charge on any atom is 0.227 e. The minimum atomic E-state index is -1.37. The summed E-state index contributed by atoms with van der Waals surface area (Å²) in [6.07, 6.45) is 0.509. The van der Waals surface area contributed by atoms with Crippen molar-refractivity contribution in [1.29, 1.82) is 5.26 Å². The van der Waals surface area contributed by atoms with E-state index in [0.717, 1.165) is 5.56 Å². The maximum atomic E-state index is 15.0. The number of pyridine rings is 1. The molecule has 144 valence electrons. The normalized spacial score (nSPS) is 22.1. The van der Waals surface area contributed by atoms with Crippen molar-refractivity contribution in [1.82, 2.24) is 14.8 Å². The molecule has 0 unspecified atom stereocenters. The molecule has 0 spiro atoms. The predicted octanol–water partition coefficient (Wildman–Crippen LogP) is 2.96. The maximum absolute atomic E-state index is 15.0. The van der Waals surface area contributed by atoms with Gasteiger partial charge in [-0.1, -0.05) is 30.3 Å². The highest BCUT2D eigenvalue weighted by Gasteiger charge is 2.46. The Balaban J connectivity index is 1.76. The van der Waals surface area contributed by atoms with E-state index in [1.165, 1.54) is 4.68 Å². The van der Waals surface area contributed by atoms with Crippen molar-refractivity contribution < 1.29 is 13.9 Å². The number of halogens is 1. The molecule has 0 amide bonds. The van der Waals surface area contributed by atoms with Gasteiger partial charge in [-0.2, -0.15) is 10.4 Å². The lowest BCUT2D eigenvalue weighted by Crippen LogP contribution is -2.49. The van der Waals surface area contributed by atoms with E-state index in [9.17, 15) is 9.65 Å². The summed E-state index contributed by atoms with van der Waals surface area (Å²) in [5.41, 5.74) is 6.62. The van der Waals surface area contributed by atoms with Crippen molar-refractivity contribution >= 4 is 16.7 Å². The summed E-state index contributed by atoms with van der Waals surface area (Å²) in [4.78, 5) is 4.29. The Kier molecular flexibility index (Phi) is 4.84. The van der Waals surface area contributed by atoms with Crippen molar-refractivity contribution in [3.05, 3.63) is 48.2 Å². The van der Waals surface area contributed by atoms with Gasteiger partial charge in [0.1, 0.15) is 23.7 Å². The minimum absolute atomic E-state index is 0.0315. The van der Waals surface area contributed by atoms with Gasteiger partial charge < -0.3 is 15.2 Å². The Hall–Kier alpha value is -3.18. The van der Waals surface area contributed by atoms with Gasteiger partial charge in [0.25, 0.3) is 0 Å². The third-order valence-corrected chi connectivity index (χ3v) is 5.14. The molecule has 28 heavy (non-hydrogen) atoms. The van der Waals surface area contributed by atoms with E-state index in [4.69, 9.17) is 15.2 Å². The number of fused-ring (bicyclic) bond motifs is 1. The van der Waals surface area contributed by atoms with Crippen LogP contribution in [0.5, 0.6) is 5.88 Å². The molecule has 2 atom stereocenters. The molecule has 1 saturated heterocycles. The number of ether oxygens (including phenoxy) is 2. The van der Waals surface area contributed by atoms with Crippen LogP contribution in [0.3, 0.4) is 0 Å². The van der Waals surface area contributed by atoms with E-state index in [0.29, 0.717) is 36.4 Å². The molecular weight excluding hydrogens is 361 g/mol. The van der Waals surface area contributed by atoms with E-state index < -0.39 is 11.7 Å². The van der Waals surface area contributed by atoms with E-state index >= 15 is 0 Å².